The molecule has 2 nitrogen and oxygen atoms in total. The fraction of sp³-hybridized carbons (Fsp3) is 0.538. The molecule has 0 saturated heterocycles. The summed E-state index contributed by atoms with van der Waals surface area (Å²) in [5.74, 6) is 1.34. The molecule has 0 N–H and O–H groups in total. The Bertz CT molecular complexity index is 470. The van der Waals surface area contributed by atoms with Gasteiger partial charge in [-0.1, -0.05) is 24.6 Å². The summed E-state index contributed by atoms with van der Waals surface area (Å²) in [6, 6.07) is 5.67. The fourth-order valence-corrected chi connectivity index (χ4v) is 3.26. The van der Waals surface area contributed by atoms with Gasteiger partial charge in [0.1, 0.15) is 10.7 Å². The molecule has 1 fully saturated rings. The summed E-state index contributed by atoms with van der Waals surface area (Å²) in [5.41, 5.74) is 2.06. The minimum absolute atomic E-state index is 0.106. The zero-order valence-corrected chi connectivity index (χ0v) is 11.5. The lowest BCUT2D eigenvalue weighted by molar-refractivity contribution is 0.581. The summed E-state index contributed by atoms with van der Waals surface area (Å²) in [6.07, 6.45) is 3.60. The van der Waals surface area contributed by atoms with Crippen LogP contribution in [0.15, 0.2) is 18.2 Å². The summed E-state index contributed by atoms with van der Waals surface area (Å²) in [4.78, 5) is 0. The predicted molar refractivity (Wildman–Crippen MR) is 71.2 cm³/mol. The third kappa shape index (κ3) is 3.23. The molecule has 94 valence electrons. The van der Waals surface area contributed by atoms with Crippen molar-refractivity contribution < 1.29 is 8.42 Å². The van der Waals surface area contributed by atoms with Crippen molar-refractivity contribution in [3.8, 4) is 0 Å². The second-order valence-corrected chi connectivity index (χ2v) is 6.10. The van der Waals surface area contributed by atoms with Crippen LogP contribution in [0.5, 0.6) is 0 Å². The number of halogens is 1. The van der Waals surface area contributed by atoms with Crippen LogP contribution in [0.1, 0.15) is 43.2 Å². The van der Waals surface area contributed by atoms with Crippen molar-refractivity contribution in [2.24, 2.45) is 5.92 Å². The molecule has 0 heterocycles. The first-order chi connectivity index (χ1) is 8.11. The van der Waals surface area contributed by atoms with Crippen LogP contribution in [0.2, 0.25) is 5.02 Å². The van der Waals surface area contributed by atoms with Gasteiger partial charge in [0.15, 0.2) is 0 Å². The molecule has 1 aromatic rings. The first-order valence-corrected chi connectivity index (χ1v) is 7.76. The summed E-state index contributed by atoms with van der Waals surface area (Å²) in [5, 5.41) is 0.617. The van der Waals surface area contributed by atoms with Crippen LogP contribution in [-0.2, 0) is 16.5 Å². The lowest BCUT2D eigenvalue weighted by Crippen LogP contribution is -2.04. The van der Waals surface area contributed by atoms with Crippen molar-refractivity contribution in [2.45, 2.75) is 37.9 Å². The minimum atomic E-state index is -2.39. The summed E-state index contributed by atoms with van der Waals surface area (Å²) in [6.45, 7) is 2.17. The van der Waals surface area contributed by atoms with Crippen molar-refractivity contribution in [1.82, 2.24) is 0 Å². The molecule has 2 rings (SSSR count). The standard InChI is InChI=1S/C13H17ClO2S/c1-2-12(9-3-4-9)13-6-5-11(14)7-10(13)8-17(15)16/h5-7,9,12,17H,2-4,8H2,1H3. The largest absolute Gasteiger partial charge is 0.232 e. The second kappa shape index (κ2) is 5.40. The molecule has 0 spiro atoms. The van der Waals surface area contributed by atoms with Gasteiger partial charge < -0.3 is 0 Å². The zero-order chi connectivity index (χ0) is 12.4. The number of hydrogen-bond acceptors (Lipinski definition) is 2. The molecule has 1 atom stereocenters. The van der Waals surface area contributed by atoms with E-state index in [4.69, 9.17) is 11.6 Å². The minimum Gasteiger partial charge on any atom is -0.232 e. The molecule has 1 aliphatic carbocycles. The summed E-state index contributed by atoms with van der Waals surface area (Å²) < 4.78 is 21.8. The highest BCUT2D eigenvalue weighted by Gasteiger charge is 2.32. The molecule has 1 unspecified atom stereocenters. The third-order valence-corrected chi connectivity index (χ3v) is 4.27. The smallest absolute Gasteiger partial charge is 0.144 e. The first-order valence-electron chi connectivity index (χ1n) is 6.02. The van der Waals surface area contributed by atoms with Crippen LogP contribution >= 0.6 is 11.6 Å². The molecule has 0 bridgehead atoms. The summed E-state index contributed by atoms with van der Waals surface area (Å²) >= 11 is 5.95. The molecule has 1 saturated carbocycles. The molecule has 1 aromatic carbocycles. The van der Waals surface area contributed by atoms with E-state index < -0.39 is 10.7 Å². The number of hydrogen-bond donors (Lipinski definition) is 1. The van der Waals surface area contributed by atoms with E-state index in [2.05, 4.69) is 6.92 Å². The van der Waals surface area contributed by atoms with E-state index in [1.807, 2.05) is 12.1 Å². The van der Waals surface area contributed by atoms with E-state index in [1.165, 1.54) is 18.4 Å². The Hall–Kier alpha value is -0.540. The second-order valence-electron chi connectivity index (χ2n) is 4.69. The van der Waals surface area contributed by atoms with E-state index in [-0.39, 0.29) is 5.75 Å². The molecule has 0 aromatic heterocycles. The van der Waals surface area contributed by atoms with Crippen molar-refractivity contribution in [3.05, 3.63) is 34.3 Å². The van der Waals surface area contributed by atoms with Crippen LogP contribution in [0.25, 0.3) is 0 Å². The van der Waals surface area contributed by atoms with Gasteiger partial charge in [0.05, 0.1) is 5.75 Å². The van der Waals surface area contributed by atoms with Crippen LogP contribution in [0.3, 0.4) is 0 Å². The topological polar surface area (TPSA) is 34.1 Å². The van der Waals surface area contributed by atoms with Gasteiger partial charge in [-0.15, -0.1) is 0 Å². The van der Waals surface area contributed by atoms with E-state index in [0.717, 1.165) is 17.9 Å². The van der Waals surface area contributed by atoms with Gasteiger partial charge in [0.2, 0.25) is 0 Å². The number of benzene rings is 1. The van der Waals surface area contributed by atoms with E-state index in [1.54, 1.807) is 6.07 Å². The normalized spacial score (nSPS) is 17.4. The van der Waals surface area contributed by atoms with Crippen LogP contribution in [0.4, 0.5) is 0 Å². The Morgan fingerprint density at radius 3 is 2.65 bits per heavy atom. The van der Waals surface area contributed by atoms with Gasteiger partial charge in [-0.05, 0) is 54.4 Å². The van der Waals surface area contributed by atoms with Crippen LogP contribution in [0, 0.1) is 5.92 Å². The van der Waals surface area contributed by atoms with Gasteiger partial charge >= 0.3 is 0 Å². The van der Waals surface area contributed by atoms with Crippen LogP contribution in [-0.4, -0.2) is 8.42 Å². The maximum absolute atomic E-state index is 10.9. The molecular formula is C13H17ClO2S. The lowest BCUT2D eigenvalue weighted by Gasteiger charge is -2.18. The highest BCUT2D eigenvalue weighted by molar-refractivity contribution is 7.71. The van der Waals surface area contributed by atoms with Crippen molar-refractivity contribution in [2.75, 3.05) is 0 Å². The van der Waals surface area contributed by atoms with Crippen molar-refractivity contribution >= 4 is 22.3 Å². The quantitative estimate of drug-likeness (QED) is 0.834. The van der Waals surface area contributed by atoms with Crippen LogP contribution < -0.4 is 0 Å². The van der Waals surface area contributed by atoms with Gasteiger partial charge in [-0.25, -0.2) is 8.42 Å². The molecule has 1 aliphatic rings. The van der Waals surface area contributed by atoms with Gasteiger partial charge in [0, 0.05) is 5.02 Å². The fourth-order valence-electron chi connectivity index (χ4n) is 2.52. The van der Waals surface area contributed by atoms with Gasteiger partial charge in [-0.3, -0.25) is 0 Å². The Kier molecular flexibility index (Phi) is 4.10. The average molecular weight is 273 g/mol. The maximum Gasteiger partial charge on any atom is 0.144 e. The highest BCUT2D eigenvalue weighted by Crippen LogP contribution is 2.45. The lowest BCUT2D eigenvalue weighted by atomic mass is 9.89. The molecule has 0 aliphatic heterocycles. The Balaban J connectivity index is 2.36. The first kappa shape index (κ1) is 12.9. The highest BCUT2D eigenvalue weighted by atomic mass is 35.5. The average Bonchev–Trinajstić information content (AvgIpc) is 3.05. The van der Waals surface area contributed by atoms with E-state index >= 15 is 0 Å². The Labute approximate surface area is 109 Å². The SMILES string of the molecule is CCC(c1ccc(Cl)cc1C[SH](=O)=O)C1CC1. The predicted octanol–water partition coefficient (Wildman–Crippen LogP) is 3.36. The van der Waals surface area contributed by atoms with Gasteiger partial charge in [0.25, 0.3) is 0 Å². The maximum atomic E-state index is 10.9. The van der Waals surface area contributed by atoms with E-state index in [0.29, 0.717) is 10.9 Å². The molecule has 17 heavy (non-hydrogen) atoms. The Morgan fingerprint density at radius 2 is 2.12 bits per heavy atom. The number of rotatable bonds is 5. The molecule has 0 amide bonds. The summed E-state index contributed by atoms with van der Waals surface area (Å²) in [7, 11) is -2.39. The van der Waals surface area contributed by atoms with E-state index in [9.17, 15) is 8.42 Å². The molecule has 0 radical (unpaired) electrons. The number of thiol groups is 1. The zero-order valence-electron chi connectivity index (χ0n) is 9.86. The van der Waals surface area contributed by atoms with Crippen molar-refractivity contribution in [1.29, 1.82) is 0 Å². The third-order valence-electron chi connectivity index (χ3n) is 3.43. The Morgan fingerprint density at radius 1 is 1.41 bits per heavy atom. The van der Waals surface area contributed by atoms with Crippen molar-refractivity contribution in [3.63, 3.8) is 0 Å². The molecular weight excluding hydrogens is 256 g/mol. The monoisotopic (exact) mass is 272 g/mol. The van der Waals surface area contributed by atoms with Gasteiger partial charge in [-0.2, -0.15) is 0 Å². The molecule has 4 heteroatoms.